The SMILES string of the molecule is CC(=O)NCCc1ccc(C(=O)COC(=O)/C=C/c2c(C)nn(Cc3ccc(C)cc3)c2C)s1. The lowest BCUT2D eigenvalue weighted by Crippen LogP contribution is -2.22. The molecule has 2 aromatic heterocycles. The third-order valence-corrected chi connectivity index (χ3v) is 6.49. The second-order valence-electron chi connectivity index (χ2n) is 8.09. The molecule has 0 fully saturated rings. The maximum absolute atomic E-state index is 12.4. The molecule has 0 unspecified atom stereocenters. The highest BCUT2D eigenvalue weighted by Crippen LogP contribution is 2.19. The summed E-state index contributed by atoms with van der Waals surface area (Å²) in [6.07, 6.45) is 3.66. The topological polar surface area (TPSA) is 90.3 Å². The summed E-state index contributed by atoms with van der Waals surface area (Å²) in [5.41, 5.74) is 4.98. The number of rotatable bonds is 10. The highest BCUT2D eigenvalue weighted by atomic mass is 32.1. The Morgan fingerprint density at radius 2 is 1.82 bits per heavy atom. The van der Waals surface area contributed by atoms with Crippen molar-refractivity contribution in [1.82, 2.24) is 15.1 Å². The number of nitrogens with zero attached hydrogens (tertiary/aromatic N) is 2. The molecule has 0 bridgehead atoms. The molecule has 0 aliphatic carbocycles. The van der Waals surface area contributed by atoms with Gasteiger partial charge in [0.15, 0.2) is 6.61 Å². The van der Waals surface area contributed by atoms with Crippen LogP contribution in [-0.2, 0) is 27.3 Å². The lowest BCUT2D eigenvalue weighted by atomic mass is 10.1. The van der Waals surface area contributed by atoms with Crippen LogP contribution in [0, 0.1) is 20.8 Å². The fraction of sp³-hybridized carbons (Fsp3) is 0.308. The predicted molar refractivity (Wildman–Crippen MR) is 133 cm³/mol. The van der Waals surface area contributed by atoms with Crippen LogP contribution in [0.4, 0.5) is 0 Å². The number of ether oxygens (including phenoxy) is 1. The highest BCUT2D eigenvalue weighted by Gasteiger charge is 2.13. The number of esters is 1. The van der Waals surface area contributed by atoms with Gasteiger partial charge in [0.1, 0.15) is 0 Å². The number of aromatic nitrogens is 2. The number of thiophene rings is 1. The van der Waals surface area contributed by atoms with Crippen LogP contribution in [0.25, 0.3) is 6.08 Å². The zero-order valence-corrected chi connectivity index (χ0v) is 20.7. The molecule has 1 amide bonds. The number of hydrogen-bond acceptors (Lipinski definition) is 6. The summed E-state index contributed by atoms with van der Waals surface area (Å²) in [7, 11) is 0. The molecular formula is C26H29N3O4S. The van der Waals surface area contributed by atoms with Gasteiger partial charge in [-0.15, -0.1) is 11.3 Å². The van der Waals surface area contributed by atoms with Gasteiger partial charge in [-0.1, -0.05) is 29.8 Å². The van der Waals surface area contributed by atoms with Crippen LogP contribution in [0.3, 0.4) is 0 Å². The second-order valence-corrected chi connectivity index (χ2v) is 9.26. The largest absolute Gasteiger partial charge is 0.454 e. The number of carbonyl (C=O) groups is 3. The number of ketones is 1. The molecule has 2 heterocycles. The summed E-state index contributed by atoms with van der Waals surface area (Å²) in [5, 5.41) is 7.31. The smallest absolute Gasteiger partial charge is 0.331 e. The molecule has 7 nitrogen and oxygen atoms in total. The minimum atomic E-state index is -0.583. The molecule has 0 aliphatic heterocycles. The Bertz CT molecular complexity index is 1210. The van der Waals surface area contributed by atoms with Crippen molar-refractivity contribution in [1.29, 1.82) is 0 Å². The maximum Gasteiger partial charge on any atom is 0.331 e. The molecule has 1 N–H and O–H groups in total. The van der Waals surface area contributed by atoms with Crippen LogP contribution in [0.5, 0.6) is 0 Å². The molecule has 0 radical (unpaired) electrons. The molecule has 1 aromatic carbocycles. The van der Waals surface area contributed by atoms with Crippen LogP contribution >= 0.6 is 11.3 Å². The monoisotopic (exact) mass is 479 g/mol. The van der Waals surface area contributed by atoms with E-state index in [1.807, 2.05) is 24.6 Å². The first-order chi connectivity index (χ1) is 16.2. The molecular weight excluding hydrogens is 450 g/mol. The summed E-state index contributed by atoms with van der Waals surface area (Å²) in [5.74, 6) is -0.923. The number of nitrogens with one attached hydrogen (secondary N) is 1. The first kappa shape index (κ1) is 25.1. The number of carbonyl (C=O) groups excluding carboxylic acids is 3. The van der Waals surface area contributed by atoms with Gasteiger partial charge in [-0.3, -0.25) is 14.3 Å². The van der Waals surface area contributed by atoms with Crippen molar-refractivity contribution in [3.05, 3.63) is 80.3 Å². The molecule has 0 saturated heterocycles. The Kier molecular flexibility index (Phi) is 8.54. The molecule has 0 saturated carbocycles. The van der Waals surface area contributed by atoms with E-state index >= 15 is 0 Å². The first-order valence-electron chi connectivity index (χ1n) is 11.0. The van der Waals surface area contributed by atoms with Gasteiger partial charge >= 0.3 is 5.97 Å². The van der Waals surface area contributed by atoms with Crippen molar-refractivity contribution in [2.45, 2.75) is 40.7 Å². The van der Waals surface area contributed by atoms with E-state index in [1.54, 1.807) is 12.1 Å². The third-order valence-electron chi connectivity index (χ3n) is 5.30. The fourth-order valence-electron chi connectivity index (χ4n) is 3.40. The number of aryl methyl sites for hydroxylation is 2. The third kappa shape index (κ3) is 6.99. The summed E-state index contributed by atoms with van der Waals surface area (Å²) < 4.78 is 7.05. The van der Waals surface area contributed by atoms with Crippen molar-refractivity contribution in [3.8, 4) is 0 Å². The minimum absolute atomic E-state index is 0.0863. The summed E-state index contributed by atoms with van der Waals surface area (Å²) in [6.45, 7) is 8.22. The lowest BCUT2D eigenvalue weighted by molar-refractivity contribution is -0.136. The molecule has 0 aliphatic rings. The van der Waals surface area contributed by atoms with E-state index in [9.17, 15) is 14.4 Å². The van der Waals surface area contributed by atoms with Crippen molar-refractivity contribution >= 4 is 35.1 Å². The quantitative estimate of drug-likeness (QED) is 0.269. The van der Waals surface area contributed by atoms with E-state index in [0.29, 0.717) is 24.4 Å². The summed E-state index contributed by atoms with van der Waals surface area (Å²) in [4.78, 5) is 37.0. The van der Waals surface area contributed by atoms with Gasteiger partial charge in [-0.25, -0.2) is 4.79 Å². The van der Waals surface area contributed by atoms with Crippen molar-refractivity contribution in [2.24, 2.45) is 0 Å². The van der Waals surface area contributed by atoms with Crippen molar-refractivity contribution < 1.29 is 19.1 Å². The van der Waals surface area contributed by atoms with Gasteiger partial charge in [0.2, 0.25) is 11.7 Å². The fourth-order valence-corrected chi connectivity index (χ4v) is 4.34. The van der Waals surface area contributed by atoms with E-state index in [1.165, 1.54) is 29.9 Å². The second kappa shape index (κ2) is 11.6. The predicted octanol–water partition coefficient (Wildman–Crippen LogP) is 4.04. The van der Waals surface area contributed by atoms with Crippen molar-refractivity contribution in [2.75, 3.05) is 13.2 Å². The standard InChI is InChI=1S/C26H29N3O4S/c1-17-5-7-21(8-6-17)15-29-19(3)23(18(2)28-29)10-12-26(32)33-16-24(31)25-11-9-22(34-25)13-14-27-20(4)30/h5-12H,13-16H2,1-4H3,(H,27,30)/b12-10+. The Labute approximate surface area is 203 Å². The van der Waals surface area contributed by atoms with Gasteiger partial charge in [0.05, 0.1) is 17.1 Å². The Balaban J connectivity index is 1.53. The number of benzene rings is 1. The van der Waals surface area contributed by atoms with Crippen LogP contribution in [0.1, 0.15) is 49.6 Å². The van der Waals surface area contributed by atoms with Crippen LogP contribution in [-0.4, -0.2) is 40.6 Å². The molecule has 3 rings (SSSR count). The zero-order valence-electron chi connectivity index (χ0n) is 19.9. The highest BCUT2D eigenvalue weighted by molar-refractivity contribution is 7.14. The van der Waals surface area contributed by atoms with Crippen LogP contribution in [0.2, 0.25) is 0 Å². The van der Waals surface area contributed by atoms with E-state index in [-0.39, 0.29) is 18.3 Å². The van der Waals surface area contributed by atoms with Crippen LogP contribution < -0.4 is 5.32 Å². The molecule has 34 heavy (non-hydrogen) atoms. The minimum Gasteiger partial charge on any atom is -0.454 e. The van der Waals surface area contributed by atoms with Crippen LogP contribution in [0.15, 0.2) is 42.5 Å². The molecule has 8 heteroatoms. The molecule has 3 aromatic rings. The lowest BCUT2D eigenvalue weighted by Gasteiger charge is -2.05. The first-order valence-corrected chi connectivity index (χ1v) is 11.9. The Morgan fingerprint density at radius 3 is 2.53 bits per heavy atom. The Hall–Kier alpha value is -3.52. The molecule has 0 spiro atoms. The number of hydrogen-bond donors (Lipinski definition) is 1. The molecule has 0 atom stereocenters. The summed E-state index contributed by atoms with van der Waals surface area (Å²) in [6, 6.07) is 11.9. The van der Waals surface area contributed by atoms with Gasteiger partial charge < -0.3 is 10.1 Å². The van der Waals surface area contributed by atoms with Gasteiger partial charge in [-0.05, 0) is 51.0 Å². The van der Waals surface area contributed by atoms with Gasteiger partial charge in [0.25, 0.3) is 0 Å². The average molecular weight is 480 g/mol. The summed E-state index contributed by atoms with van der Waals surface area (Å²) >= 11 is 1.34. The Morgan fingerprint density at radius 1 is 1.09 bits per heavy atom. The van der Waals surface area contributed by atoms with Gasteiger partial charge in [-0.2, -0.15) is 5.10 Å². The number of amides is 1. The van der Waals surface area contributed by atoms with Crippen molar-refractivity contribution in [3.63, 3.8) is 0 Å². The van der Waals surface area contributed by atoms with E-state index < -0.39 is 5.97 Å². The van der Waals surface area contributed by atoms with E-state index in [2.05, 4.69) is 41.6 Å². The van der Waals surface area contributed by atoms with Gasteiger partial charge in [0, 0.05) is 35.7 Å². The van der Waals surface area contributed by atoms with E-state index in [4.69, 9.17) is 4.74 Å². The number of Topliss-reactive ketones (excluding diaryl/α,β-unsaturated/α-hetero) is 1. The molecule has 178 valence electrons. The average Bonchev–Trinajstić information content (AvgIpc) is 3.36. The maximum atomic E-state index is 12.4. The van der Waals surface area contributed by atoms with E-state index in [0.717, 1.165) is 27.4 Å². The normalized spacial score (nSPS) is 11.1. The zero-order chi connectivity index (χ0) is 24.7.